The fourth-order valence-corrected chi connectivity index (χ4v) is 4.15. The molecule has 1 aromatic heterocycles. The van der Waals surface area contributed by atoms with Crippen LogP contribution >= 0.6 is 11.6 Å². The van der Waals surface area contributed by atoms with Gasteiger partial charge >= 0.3 is 0 Å². The van der Waals surface area contributed by atoms with Gasteiger partial charge in [0.1, 0.15) is 11.5 Å². The number of fused-ring (bicyclic) bond motifs is 1. The molecule has 1 heterocycles. The third-order valence-corrected chi connectivity index (χ3v) is 6.02. The third kappa shape index (κ3) is 7.12. The van der Waals surface area contributed by atoms with Crippen molar-refractivity contribution in [3.8, 4) is 11.5 Å². The fourth-order valence-electron chi connectivity index (χ4n) is 3.98. The Hall–Kier alpha value is -3.25. The van der Waals surface area contributed by atoms with Crippen molar-refractivity contribution in [1.29, 1.82) is 0 Å². The van der Waals surface area contributed by atoms with Crippen LogP contribution in [0.1, 0.15) is 55.2 Å². The molecular weight excluding hydrogens is 456 g/mol. The molecule has 5 nitrogen and oxygen atoms in total. The van der Waals surface area contributed by atoms with Crippen LogP contribution in [0.4, 0.5) is 0 Å². The highest BCUT2D eigenvalue weighted by molar-refractivity contribution is 6.31. The highest BCUT2D eigenvalue weighted by Crippen LogP contribution is 2.27. The van der Waals surface area contributed by atoms with Gasteiger partial charge in [0.25, 0.3) is 0 Å². The van der Waals surface area contributed by atoms with E-state index < -0.39 is 0 Å². The molecule has 4 aromatic rings. The Kier molecular flexibility index (Phi) is 8.85. The predicted octanol–water partition coefficient (Wildman–Crippen LogP) is 7.15. The number of para-hydroxylation sites is 1. The summed E-state index contributed by atoms with van der Waals surface area (Å²) >= 11 is 6.26. The van der Waals surface area contributed by atoms with E-state index >= 15 is 0 Å². The fraction of sp³-hybridized carbons (Fsp3) is 0.241. The van der Waals surface area contributed by atoms with Crippen molar-refractivity contribution in [2.45, 2.75) is 38.1 Å². The maximum atomic E-state index is 6.59. The SMILES string of the molecule is NCCCCCCC(N)c1nc(C=Cc2cccc(Oc3ccccc3)c2)nc2cc(Cl)ccc12. The lowest BCUT2D eigenvalue weighted by Gasteiger charge is -2.14. The number of hydrogen-bond donors (Lipinski definition) is 2. The van der Waals surface area contributed by atoms with E-state index in [1.807, 2.05) is 84.9 Å². The van der Waals surface area contributed by atoms with Gasteiger partial charge in [-0.3, -0.25) is 0 Å². The molecule has 0 saturated carbocycles. The minimum Gasteiger partial charge on any atom is -0.457 e. The normalized spacial score (nSPS) is 12.3. The molecule has 6 heteroatoms. The first-order valence-corrected chi connectivity index (χ1v) is 12.4. The van der Waals surface area contributed by atoms with E-state index in [1.165, 1.54) is 0 Å². The Morgan fingerprint density at radius 2 is 1.63 bits per heavy atom. The average molecular weight is 487 g/mol. The summed E-state index contributed by atoms with van der Waals surface area (Å²) in [5, 5.41) is 1.58. The largest absolute Gasteiger partial charge is 0.457 e. The Morgan fingerprint density at radius 3 is 2.46 bits per heavy atom. The topological polar surface area (TPSA) is 87.1 Å². The zero-order chi connectivity index (χ0) is 24.5. The summed E-state index contributed by atoms with van der Waals surface area (Å²) in [5.41, 5.74) is 14.8. The van der Waals surface area contributed by atoms with Crippen LogP contribution in [0.15, 0.2) is 72.8 Å². The van der Waals surface area contributed by atoms with Crippen LogP contribution in [0, 0.1) is 0 Å². The second kappa shape index (κ2) is 12.5. The van der Waals surface area contributed by atoms with Gasteiger partial charge in [-0.1, -0.05) is 67.3 Å². The first-order valence-electron chi connectivity index (χ1n) is 12.1. The van der Waals surface area contributed by atoms with E-state index in [4.69, 9.17) is 37.8 Å². The Labute approximate surface area is 211 Å². The second-order valence-electron chi connectivity index (χ2n) is 8.55. The van der Waals surface area contributed by atoms with Crippen molar-refractivity contribution < 1.29 is 4.74 Å². The minimum atomic E-state index is -0.172. The highest BCUT2D eigenvalue weighted by Gasteiger charge is 2.14. The van der Waals surface area contributed by atoms with Crippen LogP contribution in [-0.2, 0) is 0 Å². The summed E-state index contributed by atoms with van der Waals surface area (Å²) in [6.07, 6.45) is 9.08. The van der Waals surface area contributed by atoms with Gasteiger partial charge in [0.15, 0.2) is 5.82 Å². The van der Waals surface area contributed by atoms with Crippen LogP contribution < -0.4 is 16.2 Å². The first-order chi connectivity index (χ1) is 17.1. The highest BCUT2D eigenvalue weighted by atomic mass is 35.5. The molecule has 1 unspecified atom stereocenters. The molecule has 0 aliphatic rings. The van der Waals surface area contributed by atoms with Gasteiger partial charge in [-0.25, -0.2) is 9.97 Å². The molecule has 0 radical (unpaired) electrons. The van der Waals surface area contributed by atoms with Gasteiger partial charge in [-0.05, 0) is 73.5 Å². The number of halogens is 1. The van der Waals surface area contributed by atoms with Crippen molar-refractivity contribution in [2.75, 3.05) is 6.54 Å². The summed E-state index contributed by atoms with van der Waals surface area (Å²) in [6, 6.07) is 23.1. The van der Waals surface area contributed by atoms with Gasteiger partial charge in [0.05, 0.1) is 11.2 Å². The van der Waals surface area contributed by atoms with Crippen LogP contribution in [-0.4, -0.2) is 16.5 Å². The number of hydrogen-bond acceptors (Lipinski definition) is 5. The zero-order valence-corrected chi connectivity index (χ0v) is 20.5. The molecule has 0 spiro atoms. The second-order valence-corrected chi connectivity index (χ2v) is 8.98. The molecule has 0 saturated heterocycles. The van der Waals surface area contributed by atoms with Gasteiger partial charge in [-0.2, -0.15) is 0 Å². The molecule has 0 amide bonds. The van der Waals surface area contributed by atoms with E-state index in [2.05, 4.69) is 0 Å². The molecule has 0 aliphatic heterocycles. The van der Waals surface area contributed by atoms with E-state index in [9.17, 15) is 0 Å². The van der Waals surface area contributed by atoms with Crippen molar-refractivity contribution in [3.05, 3.63) is 94.9 Å². The number of benzene rings is 3. The monoisotopic (exact) mass is 486 g/mol. The van der Waals surface area contributed by atoms with Crippen LogP contribution in [0.3, 0.4) is 0 Å². The molecule has 0 aliphatic carbocycles. The van der Waals surface area contributed by atoms with Crippen molar-refractivity contribution in [3.63, 3.8) is 0 Å². The first kappa shape index (κ1) is 24.9. The molecule has 4 N–H and O–H groups in total. The number of nitrogens with zero attached hydrogens (tertiary/aromatic N) is 2. The van der Waals surface area contributed by atoms with Crippen LogP contribution in [0.5, 0.6) is 11.5 Å². The predicted molar refractivity (Wildman–Crippen MR) is 146 cm³/mol. The van der Waals surface area contributed by atoms with E-state index in [-0.39, 0.29) is 6.04 Å². The average Bonchev–Trinajstić information content (AvgIpc) is 2.87. The standard InChI is InChI=1S/C29H31ClN4O/c30-22-15-16-25-27(20-22)33-28(34-29(25)26(32)13-6-1-2-7-18-31)17-14-21-9-8-12-24(19-21)35-23-10-4-3-5-11-23/h3-5,8-12,14-17,19-20,26H,1-2,6-7,13,18,31-32H2. The maximum absolute atomic E-state index is 6.59. The summed E-state index contributed by atoms with van der Waals surface area (Å²) in [6.45, 7) is 0.736. The minimum absolute atomic E-state index is 0.172. The summed E-state index contributed by atoms with van der Waals surface area (Å²) in [4.78, 5) is 9.56. The molecule has 0 fully saturated rings. The molecule has 180 valence electrons. The van der Waals surface area contributed by atoms with Gasteiger partial charge in [0, 0.05) is 16.5 Å². The van der Waals surface area contributed by atoms with Gasteiger partial charge < -0.3 is 16.2 Å². The lowest BCUT2D eigenvalue weighted by molar-refractivity contribution is 0.482. The number of nitrogens with two attached hydrogens (primary N) is 2. The summed E-state index contributed by atoms with van der Waals surface area (Å²) < 4.78 is 5.95. The molecule has 1 atom stereocenters. The lowest BCUT2D eigenvalue weighted by Crippen LogP contribution is -2.14. The maximum Gasteiger partial charge on any atom is 0.152 e. The van der Waals surface area contributed by atoms with Crippen molar-refractivity contribution >= 4 is 34.7 Å². The number of unbranched alkanes of at least 4 members (excludes halogenated alkanes) is 3. The summed E-state index contributed by atoms with van der Waals surface area (Å²) in [5.74, 6) is 2.16. The van der Waals surface area contributed by atoms with Crippen LogP contribution in [0.2, 0.25) is 5.02 Å². The molecule has 3 aromatic carbocycles. The quantitative estimate of drug-likeness (QED) is 0.220. The molecule has 35 heavy (non-hydrogen) atoms. The van der Waals surface area contributed by atoms with E-state index in [1.54, 1.807) is 0 Å². The summed E-state index contributed by atoms with van der Waals surface area (Å²) in [7, 11) is 0. The number of rotatable bonds is 11. The van der Waals surface area contributed by atoms with Crippen molar-refractivity contribution in [2.24, 2.45) is 11.5 Å². The molecule has 4 rings (SSSR count). The van der Waals surface area contributed by atoms with Gasteiger partial charge in [0.2, 0.25) is 0 Å². The zero-order valence-electron chi connectivity index (χ0n) is 19.7. The third-order valence-electron chi connectivity index (χ3n) is 5.79. The van der Waals surface area contributed by atoms with Crippen molar-refractivity contribution in [1.82, 2.24) is 9.97 Å². The molecule has 0 bridgehead atoms. The Morgan fingerprint density at radius 1 is 0.829 bits per heavy atom. The van der Waals surface area contributed by atoms with Gasteiger partial charge in [-0.15, -0.1) is 0 Å². The molecular formula is C29H31ClN4O. The van der Waals surface area contributed by atoms with E-state index in [0.29, 0.717) is 10.8 Å². The Bertz CT molecular complexity index is 1280. The number of ether oxygens (including phenoxy) is 1. The lowest BCUT2D eigenvalue weighted by atomic mass is 10.0. The smallest absolute Gasteiger partial charge is 0.152 e. The Balaban J connectivity index is 1.55. The van der Waals surface area contributed by atoms with Crippen LogP contribution in [0.25, 0.3) is 23.1 Å². The van der Waals surface area contributed by atoms with E-state index in [0.717, 1.165) is 72.3 Å². The number of aromatic nitrogens is 2.